The molecule has 1 aliphatic heterocycles. The standard InChI is InChI=1S/C16H19ClN2OS.ClH/c1-12-10-15(18-16-13(12)4-2-5-14(16)17)20-8-3-6-19-7-9-21-11-19;/h2,4-5,10H,3,6-9,11H2,1H3;1H. The summed E-state index contributed by atoms with van der Waals surface area (Å²) < 4.78 is 5.81. The van der Waals surface area contributed by atoms with Gasteiger partial charge in [0.25, 0.3) is 0 Å². The normalized spacial score (nSPS) is 15.0. The van der Waals surface area contributed by atoms with Crippen LogP contribution >= 0.6 is 35.8 Å². The number of hydrogen-bond acceptors (Lipinski definition) is 4. The van der Waals surface area contributed by atoms with Crippen molar-refractivity contribution < 1.29 is 4.74 Å². The number of rotatable bonds is 5. The molecular formula is C16H20Cl2N2OS. The van der Waals surface area contributed by atoms with Crippen molar-refractivity contribution >= 4 is 46.7 Å². The van der Waals surface area contributed by atoms with Crippen molar-refractivity contribution in [1.82, 2.24) is 9.88 Å². The van der Waals surface area contributed by atoms with Crippen molar-refractivity contribution in [2.75, 3.05) is 31.3 Å². The molecule has 2 aromatic rings. The number of pyridine rings is 1. The first-order valence-electron chi connectivity index (χ1n) is 7.23. The van der Waals surface area contributed by atoms with Crippen LogP contribution in [0, 0.1) is 6.92 Å². The van der Waals surface area contributed by atoms with Gasteiger partial charge >= 0.3 is 0 Å². The summed E-state index contributed by atoms with van der Waals surface area (Å²) >= 11 is 8.22. The smallest absolute Gasteiger partial charge is 0.214 e. The number of fused-ring (bicyclic) bond motifs is 1. The van der Waals surface area contributed by atoms with Crippen LogP contribution in [0.15, 0.2) is 24.3 Å². The predicted octanol–water partition coefficient (Wildman–Crippen LogP) is 4.39. The highest BCUT2D eigenvalue weighted by molar-refractivity contribution is 7.99. The highest BCUT2D eigenvalue weighted by Gasteiger charge is 2.11. The number of para-hydroxylation sites is 1. The van der Waals surface area contributed by atoms with Gasteiger partial charge in [-0.05, 0) is 25.0 Å². The van der Waals surface area contributed by atoms with Crippen LogP contribution in [0.1, 0.15) is 12.0 Å². The first-order valence-corrected chi connectivity index (χ1v) is 8.76. The van der Waals surface area contributed by atoms with Crippen molar-refractivity contribution in [2.24, 2.45) is 0 Å². The van der Waals surface area contributed by atoms with Gasteiger partial charge in [0.05, 0.1) is 17.1 Å². The summed E-state index contributed by atoms with van der Waals surface area (Å²) in [4.78, 5) is 7.00. The number of aryl methyl sites for hydroxylation is 1. The Kier molecular flexibility index (Phi) is 6.63. The molecular weight excluding hydrogens is 339 g/mol. The van der Waals surface area contributed by atoms with E-state index in [-0.39, 0.29) is 12.4 Å². The van der Waals surface area contributed by atoms with Gasteiger partial charge in [0, 0.05) is 36.2 Å². The number of halogens is 2. The minimum atomic E-state index is 0. The van der Waals surface area contributed by atoms with Gasteiger partial charge in [-0.3, -0.25) is 4.90 Å². The van der Waals surface area contributed by atoms with Crippen molar-refractivity contribution in [3.63, 3.8) is 0 Å². The zero-order valence-corrected chi connectivity index (χ0v) is 14.9. The molecule has 0 saturated carbocycles. The molecule has 0 unspecified atom stereocenters. The third-order valence-electron chi connectivity index (χ3n) is 3.67. The molecule has 1 aromatic heterocycles. The molecule has 0 N–H and O–H groups in total. The SMILES string of the molecule is Cc1cc(OCCCN2CCSC2)nc2c(Cl)cccc12.Cl. The van der Waals surface area contributed by atoms with Gasteiger partial charge in [0.2, 0.25) is 5.88 Å². The van der Waals surface area contributed by atoms with E-state index < -0.39 is 0 Å². The zero-order valence-electron chi connectivity index (χ0n) is 12.5. The average Bonchev–Trinajstić information content (AvgIpc) is 2.98. The Bertz CT molecular complexity index is 633. The fourth-order valence-corrected chi connectivity index (χ4v) is 3.77. The van der Waals surface area contributed by atoms with Crippen LogP contribution in [0.25, 0.3) is 10.9 Å². The highest BCUT2D eigenvalue weighted by Crippen LogP contribution is 2.27. The Morgan fingerprint density at radius 3 is 3.05 bits per heavy atom. The first-order chi connectivity index (χ1) is 10.2. The maximum Gasteiger partial charge on any atom is 0.214 e. The van der Waals surface area contributed by atoms with Gasteiger partial charge in [0.15, 0.2) is 0 Å². The Morgan fingerprint density at radius 1 is 1.41 bits per heavy atom. The largest absolute Gasteiger partial charge is 0.478 e. The molecule has 3 rings (SSSR count). The van der Waals surface area contributed by atoms with E-state index in [1.54, 1.807) is 0 Å². The van der Waals surface area contributed by atoms with E-state index in [1.807, 2.05) is 36.0 Å². The molecule has 0 spiro atoms. The van der Waals surface area contributed by atoms with Gasteiger partial charge in [-0.2, -0.15) is 0 Å². The molecule has 6 heteroatoms. The maximum absolute atomic E-state index is 6.22. The third kappa shape index (κ3) is 4.19. The van der Waals surface area contributed by atoms with Crippen LogP contribution in [0.4, 0.5) is 0 Å². The van der Waals surface area contributed by atoms with Crippen LogP contribution < -0.4 is 4.74 Å². The molecule has 3 nitrogen and oxygen atoms in total. The number of nitrogens with zero attached hydrogens (tertiary/aromatic N) is 2. The number of thioether (sulfide) groups is 1. The van der Waals surface area contributed by atoms with E-state index in [0.717, 1.165) is 35.3 Å². The van der Waals surface area contributed by atoms with Gasteiger partial charge < -0.3 is 4.74 Å². The van der Waals surface area contributed by atoms with Gasteiger partial charge in [0.1, 0.15) is 0 Å². The van der Waals surface area contributed by atoms with Crippen LogP contribution in [0.5, 0.6) is 5.88 Å². The topological polar surface area (TPSA) is 25.4 Å². The van der Waals surface area contributed by atoms with E-state index >= 15 is 0 Å². The molecule has 1 fully saturated rings. The predicted molar refractivity (Wildman–Crippen MR) is 97.7 cm³/mol. The van der Waals surface area contributed by atoms with Crippen LogP contribution in [0.2, 0.25) is 5.02 Å². The summed E-state index contributed by atoms with van der Waals surface area (Å²) in [5.74, 6) is 3.08. The second-order valence-corrected chi connectivity index (χ2v) is 6.75. The van der Waals surface area contributed by atoms with Crippen molar-refractivity contribution in [2.45, 2.75) is 13.3 Å². The fourth-order valence-electron chi connectivity index (χ4n) is 2.52. The van der Waals surface area contributed by atoms with Gasteiger partial charge in [-0.25, -0.2) is 4.98 Å². The quantitative estimate of drug-likeness (QED) is 0.740. The monoisotopic (exact) mass is 358 g/mol. The molecule has 0 amide bonds. The maximum atomic E-state index is 6.22. The minimum absolute atomic E-state index is 0. The summed E-state index contributed by atoms with van der Waals surface area (Å²) in [7, 11) is 0. The lowest BCUT2D eigenvalue weighted by Gasteiger charge is -2.14. The molecule has 120 valence electrons. The number of aromatic nitrogens is 1. The summed E-state index contributed by atoms with van der Waals surface area (Å²) in [6.45, 7) is 5.06. The Balaban J connectivity index is 0.00000176. The number of ether oxygens (including phenoxy) is 1. The Hall–Kier alpha value is -0.680. The summed E-state index contributed by atoms with van der Waals surface area (Å²) in [6.07, 6.45) is 1.03. The van der Waals surface area contributed by atoms with Crippen LogP contribution in [0.3, 0.4) is 0 Å². The second-order valence-electron chi connectivity index (χ2n) is 5.27. The van der Waals surface area contributed by atoms with Crippen LogP contribution in [-0.4, -0.2) is 41.2 Å². The molecule has 2 heterocycles. The third-order valence-corrected chi connectivity index (χ3v) is 4.99. The zero-order chi connectivity index (χ0) is 14.7. The fraction of sp³-hybridized carbons (Fsp3) is 0.438. The van der Waals surface area contributed by atoms with Gasteiger partial charge in [-0.15, -0.1) is 24.2 Å². The van der Waals surface area contributed by atoms with E-state index in [1.165, 1.54) is 12.3 Å². The molecule has 0 bridgehead atoms. The number of benzene rings is 1. The lowest BCUT2D eigenvalue weighted by atomic mass is 10.1. The minimum Gasteiger partial charge on any atom is -0.478 e. The lowest BCUT2D eigenvalue weighted by Crippen LogP contribution is -2.22. The summed E-state index contributed by atoms with van der Waals surface area (Å²) in [5.41, 5.74) is 1.97. The Morgan fingerprint density at radius 2 is 2.27 bits per heavy atom. The summed E-state index contributed by atoms with van der Waals surface area (Å²) in [6, 6.07) is 7.85. The van der Waals surface area contributed by atoms with E-state index in [9.17, 15) is 0 Å². The molecule has 1 aromatic carbocycles. The first kappa shape index (κ1) is 17.7. The van der Waals surface area contributed by atoms with Gasteiger partial charge in [-0.1, -0.05) is 23.7 Å². The number of hydrogen-bond donors (Lipinski definition) is 0. The summed E-state index contributed by atoms with van der Waals surface area (Å²) in [5, 5.41) is 1.76. The average molecular weight is 359 g/mol. The van der Waals surface area contributed by atoms with Crippen molar-refractivity contribution in [3.05, 3.63) is 34.9 Å². The molecule has 22 heavy (non-hydrogen) atoms. The van der Waals surface area contributed by atoms with Crippen molar-refractivity contribution in [3.8, 4) is 5.88 Å². The molecule has 0 atom stereocenters. The van der Waals surface area contributed by atoms with Crippen molar-refractivity contribution in [1.29, 1.82) is 0 Å². The molecule has 0 aliphatic carbocycles. The Labute approximate surface area is 146 Å². The van der Waals surface area contributed by atoms with Crippen LogP contribution in [-0.2, 0) is 0 Å². The molecule has 1 saturated heterocycles. The van der Waals surface area contributed by atoms with E-state index in [0.29, 0.717) is 17.5 Å². The second kappa shape index (κ2) is 8.25. The highest BCUT2D eigenvalue weighted by atomic mass is 35.5. The van der Waals surface area contributed by atoms with E-state index in [2.05, 4.69) is 16.8 Å². The van der Waals surface area contributed by atoms with E-state index in [4.69, 9.17) is 16.3 Å². The molecule has 1 aliphatic rings. The molecule has 0 radical (unpaired) electrons. The lowest BCUT2D eigenvalue weighted by molar-refractivity contribution is 0.262.